The van der Waals surface area contributed by atoms with Gasteiger partial charge in [0.15, 0.2) is 23.1 Å². The lowest BCUT2D eigenvalue weighted by Gasteiger charge is -2.09. The van der Waals surface area contributed by atoms with Gasteiger partial charge in [0.25, 0.3) is 0 Å². The molecule has 1 rings (SSSR count). The van der Waals surface area contributed by atoms with Crippen LogP contribution in [0.15, 0.2) is 6.07 Å². The van der Waals surface area contributed by atoms with Crippen LogP contribution in [0.5, 0.6) is 11.5 Å². The third kappa shape index (κ3) is 2.39. The van der Waals surface area contributed by atoms with Crippen LogP contribution in [-0.4, -0.2) is 23.3 Å². The lowest BCUT2D eigenvalue weighted by Crippen LogP contribution is -2.04. The predicted molar refractivity (Wildman–Crippen MR) is 50.5 cm³/mol. The number of carbonyl (C=O) groups is 1. The third-order valence-corrected chi connectivity index (χ3v) is 2.05. The molecule has 0 spiro atoms. The molecule has 0 radical (unpaired) electrons. The zero-order valence-electron chi connectivity index (χ0n) is 8.46. The maximum atomic E-state index is 13.5. The Morgan fingerprint density at radius 2 is 2.06 bits per heavy atom. The van der Waals surface area contributed by atoms with Gasteiger partial charge < -0.3 is 14.9 Å². The first-order valence-corrected chi connectivity index (χ1v) is 4.43. The SMILES string of the molecule is COc1cc(O)c(F)c(CCC(=O)O)c1F. The summed E-state index contributed by atoms with van der Waals surface area (Å²) in [5.74, 6) is -4.40. The molecule has 0 unspecified atom stereocenters. The van der Waals surface area contributed by atoms with E-state index in [0.29, 0.717) is 0 Å². The largest absolute Gasteiger partial charge is 0.505 e. The Morgan fingerprint density at radius 3 is 2.56 bits per heavy atom. The summed E-state index contributed by atoms with van der Waals surface area (Å²) in [6.07, 6.45) is -0.780. The first-order chi connectivity index (χ1) is 7.47. The molecule has 0 aliphatic rings. The molecule has 0 saturated heterocycles. The highest BCUT2D eigenvalue weighted by Crippen LogP contribution is 2.31. The molecule has 16 heavy (non-hydrogen) atoms. The van der Waals surface area contributed by atoms with Gasteiger partial charge >= 0.3 is 5.97 Å². The van der Waals surface area contributed by atoms with Gasteiger partial charge in [-0.15, -0.1) is 0 Å². The van der Waals surface area contributed by atoms with Crippen LogP contribution in [0.2, 0.25) is 0 Å². The lowest BCUT2D eigenvalue weighted by molar-refractivity contribution is -0.136. The van der Waals surface area contributed by atoms with Crippen molar-refractivity contribution in [1.29, 1.82) is 0 Å². The van der Waals surface area contributed by atoms with Gasteiger partial charge in [-0.05, 0) is 6.42 Å². The number of hydrogen-bond donors (Lipinski definition) is 2. The molecule has 6 heteroatoms. The molecule has 2 N–H and O–H groups in total. The zero-order valence-corrected chi connectivity index (χ0v) is 8.46. The van der Waals surface area contributed by atoms with E-state index in [1.54, 1.807) is 0 Å². The Hall–Kier alpha value is -1.85. The molecule has 0 aliphatic heterocycles. The Bertz CT molecular complexity index is 418. The Morgan fingerprint density at radius 1 is 1.44 bits per heavy atom. The van der Waals surface area contributed by atoms with Crippen molar-refractivity contribution in [1.82, 2.24) is 0 Å². The molecular formula is C10H10F2O4. The van der Waals surface area contributed by atoms with Gasteiger partial charge in [0, 0.05) is 18.1 Å². The zero-order chi connectivity index (χ0) is 12.3. The monoisotopic (exact) mass is 232 g/mol. The lowest BCUT2D eigenvalue weighted by atomic mass is 10.1. The molecule has 1 aromatic carbocycles. The Kier molecular flexibility index (Phi) is 3.65. The van der Waals surface area contributed by atoms with Crippen molar-refractivity contribution in [3.05, 3.63) is 23.3 Å². The van der Waals surface area contributed by atoms with E-state index >= 15 is 0 Å². The predicted octanol–water partition coefficient (Wildman–Crippen LogP) is 1.70. The van der Waals surface area contributed by atoms with Gasteiger partial charge in [0.05, 0.1) is 7.11 Å². The number of ether oxygens (including phenoxy) is 1. The Labute approximate surface area is 90.1 Å². The number of methoxy groups -OCH3 is 1. The fraction of sp³-hybridized carbons (Fsp3) is 0.300. The minimum absolute atomic E-state index is 0.320. The van der Waals surface area contributed by atoms with E-state index in [1.165, 1.54) is 0 Å². The van der Waals surface area contributed by atoms with Gasteiger partial charge in [-0.3, -0.25) is 4.79 Å². The second-order valence-corrected chi connectivity index (χ2v) is 3.10. The maximum absolute atomic E-state index is 13.5. The van der Waals surface area contributed by atoms with Crippen molar-refractivity contribution in [2.24, 2.45) is 0 Å². The van der Waals surface area contributed by atoms with E-state index in [2.05, 4.69) is 4.74 Å². The average molecular weight is 232 g/mol. The molecule has 0 amide bonds. The van der Waals surface area contributed by atoms with E-state index in [1.807, 2.05) is 0 Å². The van der Waals surface area contributed by atoms with Crippen molar-refractivity contribution in [3.8, 4) is 11.5 Å². The van der Waals surface area contributed by atoms with Gasteiger partial charge in [0.2, 0.25) is 0 Å². The fourth-order valence-corrected chi connectivity index (χ4v) is 1.25. The number of aliphatic carboxylic acids is 1. The van der Waals surface area contributed by atoms with Crippen molar-refractivity contribution in [2.75, 3.05) is 7.11 Å². The van der Waals surface area contributed by atoms with E-state index in [0.717, 1.165) is 13.2 Å². The van der Waals surface area contributed by atoms with Crippen molar-refractivity contribution in [3.63, 3.8) is 0 Å². The summed E-state index contributed by atoms with van der Waals surface area (Å²) in [6.45, 7) is 0. The molecule has 0 saturated carbocycles. The molecule has 0 atom stereocenters. The minimum atomic E-state index is -1.18. The number of aromatic hydroxyl groups is 1. The topological polar surface area (TPSA) is 66.8 Å². The summed E-state index contributed by atoms with van der Waals surface area (Å²) in [5.41, 5.74) is -0.487. The average Bonchev–Trinajstić information content (AvgIpc) is 2.23. The number of phenolic OH excluding ortho intramolecular Hbond substituents is 1. The van der Waals surface area contributed by atoms with Crippen molar-refractivity contribution >= 4 is 5.97 Å². The number of rotatable bonds is 4. The smallest absolute Gasteiger partial charge is 0.303 e. The van der Waals surface area contributed by atoms with Crippen LogP contribution >= 0.6 is 0 Å². The number of halogens is 2. The normalized spacial score (nSPS) is 10.2. The quantitative estimate of drug-likeness (QED) is 0.829. The second-order valence-electron chi connectivity index (χ2n) is 3.10. The van der Waals surface area contributed by atoms with Crippen LogP contribution < -0.4 is 4.74 Å². The molecule has 0 heterocycles. The summed E-state index contributed by atoms with van der Waals surface area (Å²) in [6, 6.07) is 0.801. The van der Waals surface area contributed by atoms with Crippen molar-refractivity contribution < 1.29 is 28.5 Å². The first-order valence-electron chi connectivity index (χ1n) is 4.43. The number of carboxylic acids is 1. The summed E-state index contributed by atoms with van der Waals surface area (Å²) in [7, 11) is 1.16. The van der Waals surface area contributed by atoms with Crippen LogP contribution in [0.1, 0.15) is 12.0 Å². The Balaban J connectivity index is 3.14. The number of benzene rings is 1. The summed E-state index contributed by atoms with van der Waals surface area (Å²) in [5, 5.41) is 17.5. The highest BCUT2D eigenvalue weighted by atomic mass is 19.1. The third-order valence-electron chi connectivity index (χ3n) is 2.05. The standard InChI is InChI=1S/C10H10F2O4/c1-16-7-4-6(13)9(11)5(10(7)12)2-3-8(14)15/h4,13H,2-3H2,1H3,(H,14,15). The second kappa shape index (κ2) is 4.78. The van der Waals surface area contributed by atoms with Gasteiger partial charge in [-0.25, -0.2) is 8.78 Å². The molecule has 0 bridgehead atoms. The van der Waals surface area contributed by atoms with E-state index < -0.39 is 35.3 Å². The number of phenols is 1. The molecule has 0 aliphatic carbocycles. The fourth-order valence-electron chi connectivity index (χ4n) is 1.25. The highest BCUT2D eigenvalue weighted by Gasteiger charge is 2.19. The summed E-state index contributed by atoms with van der Waals surface area (Å²) < 4.78 is 31.4. The molecule has 0 fully saturated rings. The first kappa shape index (κ1) is 12.2. The number of carboxylic acid groups (broad SMARTS) is 1. The number of hydrogen-bond acceptors (Lipinski definition) is 3. The molecule has 88 valence electrons. The summed E-state index contributed by atoms with van der Waals surface area (Å²) >= 11 is 0. The van der Waals surface area contributed by atoms with Crippen LogP contribution in [0.4, 0.5) is 8.78 Å². The molecule has 1 aromatic rings. The van der Waals surface area contributed by atoms with Crippen LogP contribution in [0, 0.1) is 11.6 Å². The van der Waals surface area contributed by atoms with Gasteiger partial charge in [0.1, 0.15) is 0 Å². The van der Waals surface area contributed by atoms with Crippen LogP contribution in [0.25, 0.3) is 0 Å². The van der Waals surface area contributed by atoms with E-state index in [4.69, 9.17) is 10.2 Å². The van der Waals surface area contributed by atoms with Gasteiger partial charge in [-0.1, -0.05) is 0 Å². The van der Waals surface area contributed by atoms with Gasteiger partial charge in [-0.2, -0.15) is 0 Å². The maximum Gasteiger partial charge on any atom is 0.303 e. The van der Waals surface area contributed by atoms with Crippen LogP contribution in [0.3, 0.4) is 0 Å². The summed E-state index contributed by atoms with van der Waals surface area (Å²) in [4.78, 5) is 10.3. The molecule has 4 nitrogen and oxygen atoms in total. The van der Waals surface area contributed by atoms with Crippen LogP contribution in [-0.2, 0) is 11.2 Å². The molecular weight excluding hydrogens is 222 g/mol. The molecule has 0 aromatic heterocycles. The van der Waals surface area contributed by atoms with E-state index in [-0.39, 0.29) is 12.2 Å². The van der Waals surface area contributed by atoms with E-state index in [9.17, 15) is 13.6 Å². The highest BCUT2D eigenvalue weighted by molar-refractivity contribution is 5.67. The van der Waals surface area contributed by atoms with Crippen molar-refractivity contribution in [2.45, 2.75) is 12.8 Å². The minimum Gasteiger partial charge on any atom is -0.505 e.